The van der Waals surface area contributed by atoms with Gasteiger partial charge in [0.15, 0.2) is 0 Å². The second-order valence-electron chi connectivity index (χ2n) is 7.06. The smallest absolute Gasteiger partial charge is 0.411 e. The van der Waals surface area contributed by atoms with Crippen LogP contribution in [0.3, 0.4) is 0 Å². The second kappa shape index (κ2) is 10.2. The highest BCUT2D eigenvalue weighted by molar-refractivity contribution is 5.81. The third kappa shape index (κ3) is 6.47. The van der Waals surface area contributed by atoms with Crippen molar-refractivity contribution in [2.75, 3.05) is 6.54 Å². The first kappa shape index (κ1) is 22.8. The summed E-state index contributed by atoms with van der Waals surface area (Å²) >= 11 is 0. The highest BCUT2D eigenvalue weighted by Gasteiger charge is 2.36. The molecule has 0 radical (unpaired) electrons. The predicted octanol–water partition coefficient (Wildman–Crippen LogP) is 3.25. The number of carboxylic acids is 1. The maximum absolute atomic E-state index is 11.6. The number of benzene rings is 1. The van der Waals surface area contributed by atoms with Crippen LogP contribution in [0.4, 0.5) is 4.79 Å². The molecular formula is C21H26N2O5. The maximum Gasteiger partial charge on any atom is 0.411 e. The summed E-state index contributed by atoms with van der Waals surface area (Å²) in [6.45, 7) is 5.75. The van der Waals surface area contributed by atoms with Gasteiger partial charge in [-0.3, -0.25) is 9.69 Å². The summed E-state index contributed by atoms with van der Waals surface area (Å²) in [5.74, 6) is -0.960. The number of aliphatic carboxylic acids is 1. The van der Waals surface area contributed by atoms with Crippen molar-refractivity contribution in [3.8, 4) is 12.8 Å². The molecule has 1 amide bonds. The van der Waals surface area contributed by atoms with Gasteiger partial charge in [-0.05, 0) is 51.1 Å². The molecule has 0 aliphatic carbocycles. The number of aromatic nitrogens is 1. The lowest BCUT2D eigenvalue weighted by molar-refractivity contribution is -0.142. The molecule has 7 heteroatoms. The van der Waals surface area contributed by atoms with Crippen LogP contribution in [0.15, 0.2) is 41.3 Å². The van der Waals surface area contributed by atoms with E-state index in [1.165, 1.54) is 4.90 Å². The predicted molar refractivity (Wildman–Crippen MR) is 108 cm³/mol. The summed E-state index contributed by atoms with van der Waals surface area (Å²) in [7, 11) is 0. The lowest BCUT2D eigenvalue weighted by Crippen LogP contribution is -2.43. The fourth-order valence-corrected chi connectivity index (χ4v) is 2.70. The number of nitrogens with zero attached hydrogens (tertiary/aromatic N) is 1. The van der Waals surface area contributed by atoms with Crippen LogP contribution in [0.25, 0.3) is 10.8 Å². The van der Waals surface area contributed by atoms with E-state index in [0.717, 1.165) is 17.2 Å². The average Bonchev–Trinajstić information content (AvgIpc) is 3.13. The molecule has 0 spiro atoms. The number of pyridine rings is 1. The monoisotopic (exact) mass is 386 g/mol. The van der Waals surface area contributed by atoms with Crippen LogP contribution in [-0.4, -0.2) is 45.2 Å². The van der Waals surface area contributed by atoms with Gasteiger partial charge < -0.3 is 14.8 Å². The quantitative estimate of drug-likeness (QED) is 0.733. The molecule has 1 aromatic heterocycles. The van der Waals surface area contributed by atoms with Gasteiger partial charge in [-0.1, -0.05) is 18.2 Å². The fraction of sp³-hybridized carbons (Fsp3) is 0.381. The minimum Gasteiger partial charge on any atom is -0.480 e. The minimum atomic E-state index is -0.960. The molecule has 1 aliphatic heterocycles. The number of rotatable bonds is 1. The number of nitrogens with one attached hydrogen (secondary N) is 1. The van der Waals surface area contributed by atoms with Crippen LogP contribution in [0.1, 0.15) is 33.6 Å². The first-order valence-corrected chi connectivity index (χ1v) is 8.81. The van der Waals surface area contributed by atoms with Gasteiger partial charge in [0.2, 0.25) is 0 Å². The zero-order valence-corrected chi connectivity index (χ0v) is 16.3. The van der Waals surface area contributed by atoms with E-state index in [4.69, 9.17) is 9.84 Å². The number of amides is 1. The summed E-state index contributed by atoms with van der Waals surface area (Å²) < 4.78 is 5.13. The average molecular weight is 386 g/mol. The van der Waals surface area contributed by atoms with Crippen molar-refractivity contribution >= 4 is 22.8 Å². The van der Waals surface area contributed by atoms with Gasteiger partial charge in [0.25, 0.3) is 5.56 Å². The van der Waals surface area contributed by atoms with E-state index in [1.54, 1.807) is 27.0 Å². The van der Waals surface area contributed by atoms with E-state index in [-0.39, 0.29) is 5.56 Å². The second-order valence-corrected chi connectivity index (χ2v) is 7.06. The molecule has 2 aromatic rings. The lowest BCUT2D eigenvalue weighted by Gasteiger charge is -2.26. The number of hydrogen-bond donors (Lipinski definition) is 2. The lowest BCUT2D eigenvalue weighted by atomic mass is 10.2. The number of terminal acetylenes is 1. The number of carbonyl (C=O) groups is 2. The third-order valence-electron chi connectivity index (χ3n) is 3.85. The molecule has 0 saturated carbocycles. The first-order chi connectivity index (χ1) is 13.2. The fourth-order valence-electron chi connectivity index (χ4n) is 2.70. The van der Waals surface area contributed by atoms with E-state index in [9.17, 15) is 14.4 Å². The molecule has 1 aromatic carbocycles. The molecular weight excluding hydrogens is 360 g/mol. The van der Waals surface area contributed by atoms with Gasteiger partial charge in [0.1, 0.15) is 11.6 Å². The van der Waals surface area contributed by atoms with Crippen molar-refractivity contribution < 1.29 is 19.4 Å². The Hall–Kier alpha value is -3.27. The van der Waals surface area contributed by atoms with Crippen molar-refractivity contribution in [1.29, 1.82) is 0 Å². The number of fused-ring (bicyclic) bond motifs is 1. The molecule has 28 heavy (non-hydrogen) atoms. The van der Waals surface area contributed by atoms with Crippen LogP contribution in [0.2, 0.25) is 0 Å². The van der Waals surface area contributed by atoms with Gasteiger partial charge in [0.05, 0.1) is 0 Å². The molecule has 0 unspecified atom stereocenters. The van der Waals surface area contributed by atoms with E-state index >= 15 is 0 Å². The Balaban J connectivity index is 0.000000266. The van der Waals surface area contributed by atoms with Crippen molar-refractivity contribution in [2.24, 2.45) is 0 Å². The van der Waals surface area contributed by atoms with Crippen molar-refractivity contribution in [1.82, 2.24) is 9.88 Å². The minimum absolute atomic E-state index is 0.0249. The Morgan fingerprint density at radius 2 is 1.86 bits per heavy atom. The summed E-state index contributed by atoms with van der Waals surface area (Å²) in [6.07, 6.45) is 10.3. The first-order valence-electron chi connectivity index (χ1n) is 8.81. The molecule has 1 fully saturated rings. The van der Waals surface area contributed by atoms with E-state index in [1.807, 2.05) is 30.3 Å². The van der Waals surface area contributed by atoms with Gasteiger partial charge in [0, 0.05) is 18.1 Å². The van der Waals surface area contributed by atoms with E-state index in [0.29, 0.717) is 13.0 Å². The standard InChI is InChI=1S/C10H17NO4.C9H7NO.C2H2/c1-10(2,3)15-9(14)11-6-4-5-7(11)8(12)13;11-9-8-4-2-1-3-7(8)5-6-10-9;1-2/h7H,4-6H2,1-3H3,(H,12,13);1-6H,(H,10,11);1-2H/t7-;;/m0../s1. The number of carboxylic acid groups (broad SMARTS) is 1. The van der Waals surface area contributed by atoms with Crippen molar-refractivity contribution in [3.05, 3.63) is 46.9 Å². The van der Waals surface area contributed by atoms with Crippen LogP contribution >= 0.6 is 0 Å². The van der Waals surface area contributed by atoms with Crippen molar-refractivity contribution in [2.45, 2.75) is 45.3 Å². The number of likely N-dealkylation sites (tertiary alicyclic amines) is 1. The molecule has 1 saturated heterocycles. The molecule has 0 bridgehead atoms. The van der Waals surface area contributed by atoms with Gasteiger partial charge >= 0.3 is 12.1 Å². The summed E-state index contributed by atoms with van der Waals surface area (Å²) in [5, 5.41) is 10.6. The molecule has 2 heterocycles. The number of carbonyl (C=O) groups excluding carboxylic acids is 1. The zero-order valence-electron chi connectivity index (χ0n) is 16.3. The topological polar surface area (TPSA) is 99.7 Å². The Labute approximate surface area is 164 Å². The SMILES string of the molecule is C#C.CC(C)(C)OC(=O)N1CCC[C@H]1C(=O)O.O=c1[nH]ccc2ccccc12. The highest BCUT2D eigenvalue weighted by Crippen LogP contribution is 2.20. The Morgan fingerprint density at radius 3 is 2.43 bits per heavy atom. The molecule has 1 aliphatic rings. The van der Waals surface area contributed by atoms with Gasteiger partial charge in [-0.25, -0.2) is 9.59 Å². The molecule has 7 nitrogen and oxygen atoms in total. The Morgan fingerprint density at radius 1 is 1.21 bits per heavy atom. The van der Waals surface area contributed by atoms with Gasteiger partial charge in [-0.15, -0.1) is 12.8 Å². The van der Waals surface area contributed by atoms with Crippen LogP contribution in [-0.2, 0) is 9.53 Å². The molecule has 150 valence electrons. The number of ether oxygens (including phenoxy) is 1. The van der Waals surface area contributed by atoms with Crippen LogP contribution in [0, 0.1) is 12.8 Å². The zero-order chi connectivity index (χ0) is 21.3. The van der Waals surface area contributed by atoms with Gasteiger partial charge in [-0.2, -0.15) is 0 Å². The van der Waals surface area contributed by atoms with E-state index in [2.05, 4.69) is 17.8 Å². The highest BCUT2D eigenvalue weighted by atomic mass is 16.6. The normalized spacial score (nSPS) is 15.6. The Kier molecular flexibility index (Phi) is 8.27. The largest absolute Gasteiger partial charge is 0.480 e. The summed E-state index contributed by atoms with van der Waals surface area (Å²) in [4.78, 5) is 37.5. The Bertz CT molecular complexity index is 874. The number of H-pyrrole nitrogens is 1. The maximum atomic E-state index is 11.6. The van der Waals surface area contributed by atoms with Crippen LogP contribution in [0.5, 0.6) is 0 Å². The molecule has 2 N–H and O–H groups in total. The summed E-state index contributed by atoms with van der Waals surface area (Å²) in [6, 6.07) is 8.68. The third-order valence-corrected chi connectivity index (χ3v) is 3.85. The molecule has 3 rings (SSSR count). The summed E-state index contributed by atoms with van der Waals surface area (Å²) in [5.41, 5.74) is -0.606. The van der Waals surface area contributed by atoms with Crippen LogP contribution < -0.4 is 5.56 Å². The number of aromatic amines is 1. The van der Waals surface area contributed by atoms with E-state index < -0.39 is 23.7 Å². The molecule has 1 atom stereocenters. The van der Waals surface area contributed by atoms with Crippen molar-refractivity contribution in [3.63, 3.8) is 0 Å². The number of hydrogen-bond acceptors (Lipinski definition) is 4.